The highest BCUT2D eigenvalue weighted by atomic mass is 35.5. The van der Waals surface area contributed by atoms with E-state index in [4.69, 9.17) is 11.6 Å². The van der Waals surface area contributed by atoms with Crippen molar-refractivity contribution in [2.45, 2.75) is 56.4 Å². The maximum Gasteiger partial charge on any atom is 0.337 e. The number of carboxylic acid groups (broad SMARTS) is 1. The van der Waals surface area contributed by atoms with Gasteiger partial charge in [-0.05, 0) is 67.1 Å². The topological polar surface area (TPSA) is 124 Å². The molecule has 2 N–H and O–H groups in total. The number of fused-ring (bicyclic) bond motifs is 1. The monoisotopic (exact) mass is 645 g/mol. The number of anilines is 3. The van der Waals surface area contributed by atoms with E-state index in [-0.39, 0.29) is 38.9 Å². The number of para-hydroxylation sites is 1. The van der Waals surface area contributed by atoms with E-state index in [0.717, 1.165) is 37.8 Å². The lowest BCUT2D eigenvalue weighted by Gasteiger charge is -2.36. The number of nitrogens with zero attached hydrogens (tertiary/aromatic N) is 2. The first-order chi connectivity index (χ1) is 20.4. The zero-order chi connectivity index (χ0) is 30.9. The number of carboxylic acids is 1. The van der Waals surface area contributed by atoms with E-state index >= 15 is 0 Å². The summed E-state index contributed by atoms with van der Waals surface area (Å²) in [6.45, 7) is 2.17. The molecule has 43 heavy (non-hydrogen) atoms. The van der Waals surface area contributed by atoms with E-state index in [1.807, 2.05) is 35.2 Å². The Morgan fingerprint density at radius 1 is 1.05 bits per heavy atom. The second-order valence-corrected chi connectivity index (χ2v) is 15.4. The number of carbonyl (C=O) groups is 1. The number of sulfonamides is 2. The fourth-order valence-electron chi connectivity index (χ4n) is 6.20. The van der Waals surface area contributed by atoms with E-state index in [1.165, 1.54) is 28.6 Å². The average Bonchev–Trinajstić information content (AvgIpc) is 3.05. The molecule has 3 aromatic carbocycles. The lowest BCUT2D eigenvalue weighted by molar-refractivity contribution is 0.0698. The van der Waals surface area contributed by atoms with Crippen LogP contribution in [0.4, 0.5) is 17.1 Å². The molecule has 1 saturated carbocycles. The second kappa shape index (κ2) is 12.5. The number of aromatic carboxylic acids is 1. The van der Waals surface area contributed by atoms with Gasteiger partial charge in [0.25, 0.3) is 0 Å². The van der Waals surface area contributed by atoms with Gasteiger partial charge >= 0.3 is 5.97 Å². The molecule has 0 radical (unpaired) electrons. The maximum atomic E-state index is 14.3. The van der Waals surface area contributed by atoms with Crippen molar-refractivity contribution in [2.75, 3.05) is 29.0 Å². The van der Waals surface area contributed by atoms with Crippen LogP contribution in [0.2, 0.25) is 5.02 Å². The molecule has 0 saturated heterocycles. The maximum absolute atomic E-state index is 14.3. The molecule has 1 aliphatic heterocycles. The number of likely N-dealkylation sites (N-methyl/N-ethyl adjacent to an activating group) is 1. The first-order valence-corrected chi connectivity index (χ1v) is 17.9. The molecule has 1 fully saturated rings. The standard InChI is InChI=1S/C31H36ClN3O6S2/c1-3-16-42(38,39)33-27-15-14-22(17-25(27)31(36)37)24-18-30-28(19-26(24)32)35(23-12-8-5-9-13-23)20-29(34(2)43(30,40)41)21-10-6-4-7-11-21/h5,8-9,12-15,17-19,21,29,33H,3-4,6-7,10-11,16,20H2,1-2H3,(H,36,37)/t29-/m0/s1. The molecule has 2 aliphatic rings. The molecule has 1 heterocycles. The zero-order valence-corrected chi connectivity index (χ0v) is 26.6. The summed E-state index contributed by atoms with van der Waals surface area (Å²) >= 11 is 6.84. The number of nitrogens with one attached hydrogen (secondary N) is 1. The Morgan fingerprint density at radius 3 is 2.40 bits per heavy atom. The Labute approximate surface area is 258 Å². The number of hydrogen-bond donors (Lipinski definition) is 2. The van der Waals surface area contributed by atoms with Gasteiger partial charge in [-0.25, -0.2) is 21.6 Å². The minimum Gasteiger partial charge on any atom is -0.478 e. The van der Waals surface area contributed by atoms with Crippen LogP contribution in [-0.4, -0.2) is 57.6 Å². The predicted molar refractivity (Wildman–Crippen MR) is 170 cm³/mol. The van der Waals surface area contributed by atoms with Crippen LogP contribution in [0, 0.1) is 5.92 Å². The summed E-state index contributed by atoms with van der Waals surface area (Å²) in [5.74, 6) is -1.28. The summed E-state index contributed by atoms with van der Waals surface area (Å²) < 4.78 is 57.1. The molecule has 12 heteroatoms. The number of benzene rings is 3. The van der Waals surface area contributed by atoms with Crippen LogP contribution in [0.1, 0.15) is 55.8 Å². The van der Waals surface area contributed by atoms with Crippen LogP contribution in [0.3, 0.4) is 0 Å². The lowest BCUT2D eigenvalue weighted by Crippen LogP contribution is -2.46. The Morgan fingerprint density at radius 2 is 1.74 bits per heavy atom. The van der Waals surface area contributed by atoms with E-state index in [9.17, 15) is 26.7 Å². The minimum atomic E-state index is -3.98. The normalized spacial score (nSPS) is 19.4. The minimum absolute atomic E-state index is 0.0705. The van der Waals surface area contributed by atoms with Crippen LogP contribution in [0.25, 0.3) is 11.1 Å². The number of rotatable bonds is 8. The van der Waals surface area contributed by atoms with Gasteiger partial charge in [0.2, 0.25) is 20.0 Å². The molecule has 0 unspecified atom stereocenters. The van der Waals surface area contributed by atoms with Crippen molar-refractivity contribution < 1.29 is 26.7 Å². The summed E-state index contributed by atoms with van der Waals surface area (Å²) in [6, 6.07) is 16.7. The Balaban J connectivity index is 1.66. The highest BCUT2D eigenvalue weighted by molar-refractivity contribution is 7.92. The molecule has 0 aromatic heterocycles. The predicted octanol–water partition coefficient (Wildman–Crippen LogP) is 6.58. The van der Waals surface area contributed by atoms with Gasteiger partial charge in [-0.15, -0.1) is 0 Å². The summed E-state index contributed by atoms with van der Waals surface area (Å²) in [5, 5.41) is 10.2. The fourth-order valence-corrected chi connectivity index (χ4v) is 9.22. The van der Waals surface area contributed by atoms with Crippen LogP contribution in [-0.2, 0) is 20.0 Å². The van der Waals surface area contributed by atoms with Crippen LogP contribution in [0.5, 0.6) is 0 Å². The van der Waals surface area contributed by atoms with E-state index in [2.05, 4.69) is 4.72 Å². The van der Waals surface area contributed by atoms with Gasteiger partial charge in [-0.3, -0.25) is 4.72 Å². The zero-order valence-electron chi connectivity index (χ0n) is 24.2. The third-order valence-electron chi connectivity index (χ3n) is 8.39. The quantitative estimate of drug-likeness (QED) is 0.284. The van der Waals surface area contributed by atoms with Crippen molar-refractivity contribution in [3.05, 3.63) is 71.2 Å². The van der Waals surface area contributed by atoms with Gasteiger partial charge in [0.15, 0.2) is 0 Å². The summed E-state index contributed by atoms with van der Waals surface area (Å²) in [6.07, 6.45) is 5.58. The van der Waals surface area contributed by atoms with Crippen LogP contribution >= 0.6 is 11.6 Å². The molecule has 1 aliphatic carbocycles. The average molecular weight is 646 g/mol. The molecule has 230 valence electrons. The van der Waals surface area contributed by atoms with E-state index in [0.29, 0.717) is 29.8 Å². The van der Waals surface area contributed by atoms with Crippen molar-refractivity contribution >= 4 is 54.7 Å². The van der Waals surface area contributed by atoms with E-state index in [1.54, 1.807) is 20.0 Å². The number of halogens is 1. The molecule has 0 bridgehead atoms. The molecule has 3 aromatic rings. The molecule has 0 amide bonds. The van der Waals surface area contributed by atoms with Crippen molar-refractivity contribution in [2.24, 2.45) is 5.92 Å². The SMILES string of the molecule is CCCS(=O)(=O)Nc1ccc(-c2cc3c(cc2Cl)N(c2ccccc2)C[C@@H](C2CCCCC2)N(C)S3(=O)=O)cc1C(=O)O. The fraction of sp³-hybridized carbons (Fsp3) is 0.387. The molecular weight excluding hydrogens is 610 g/mol. The summed E-state index contributed by atoms with van der Waals surface area (Å²) in [5.41, 5.74) is 1.62. The van der Waals surface area contributed by atoms with Gasteiger partial charge in [0.1, 0.15) is 4.90 Å². The molecular formula is C31H36ClN3O6S2. The third kappa shape index (κ3) is 6.40. The highest BCUT2D eigenvalue weighted by Gasteiger charge is 2.41. The van der Waals surface area contributed by atoms with Gasteiger partial charge in [0, 0.05) is 30.9 Å². The van der Waals surface area contributed by atoms with Crippen molar-refractivity contribution in [1.29, 1.82) is 0 Å². The van der Waals surface area contributed by atoms with Crippen molar-refractivity contribution in [3.63, 3.8) is 0 Å². The molecule has 1 atom stereocenters. The van der Waals surface area contributed by atoms with Crippen molar-refractivity contribution in [3.8, 4) is 11.1 Å². The first-order valence-electron chi connectivity index (χ1n) is 14.5. The third-order valence-corrected chi connectivity index (χ3v) is 12.1. The van der Waals surface area contributed by atoms with Gasteiger partial charge in [0.05, 0.1) is 27.7 Å². The first kappa shape index (κ1) is 31.3. The largest absolute Gasteiger partial charge is 0.478 e. The summed E-state index contributed by atoms with van der Waals surface area (Å²) in [4.78, 5) is 14.3. The Kier molecular flexibility index (Phi) is 9.08. The summed E-state index contributed by atoms with van der Waals surface area (Å²) in [7, 11) is -6.09. The van der Waals surface area contributed by atoms with Crippen LogP contribution in [0.15, 0.2) is 65.6 Å². The highest BCUT2D eigenvalue weighted by Crippen LogP contribution is 2.45. The molecule has 0 spiro atoms. The van der Waals surface area contributed by atoms with Crippen molar-refractivity contribution in [1.82, 2.24) is 4.31 Å². The van der Waals surface area contributed by atoms with Gasteiger partial charge in [-0.1, -0.05) is 62.1 Å². The second-order valence-electron chi connectivity index (χ2n) is 11.2. The van der Waals surface area contributed by atoms with Crippen LogP contribution < -0.4 is 9.62 Å². The Hall–Kier alpha value is -3.12. The number of hydrogen-bond acceptors (Lipinski definition) is 6. The van der Waals surface area contributed by atoms with Gasteiger partial charge in [-0.2, -0.15) is 4.31 Å². The van der Waals surface area contributed by atoms with Gasteiger partial charge < -0.3 is 10.0 Å². The smallest absolute Gasteiger partial charge is 0.337 e. The molecule has 5 rings (SSSR count). The Bertz CT molecular complexity index is 1730. The van der Waals surface area contributed by atoms with E-state index < -0.39 is 26.0 Å². The lowest BCUT2D eigenvalue weighted by atomic mass is 9.83. The molecule has 9 nitrogen and oxygen atoms in total.